The minimum Gasteiger partial charge on any atom is -0.380 e. The first-order chi connectivity index (χ1) is 8.30. The Morgan fingerprint density at radius 2 is 1.94 bits per heavy atom. The summed E-state index contributed by atoms with van der Waals surface area (Å²) in [5.41, 5.74) is 0. The second kappa shape index (κ2) is 6.19. The fraction of sp³-hybridized carbons (Fsp3) is 1.00. The van der Waals surface area contributed by atoms with Crippen molar-refractivity contribution in [2.75, 3.05) is 14.2 Å². The van der Waals surface area contributed by atoms with Crippen LogP contribution in [0, 0.1) is 17.8 Å². The number of hydrogen-bond acceptors (Lipinski definition) is 2. The molecule has 0 heterocycles. The van der Waals surface area contributed by atoms with E-state index in [1.54, 1.807) is 0 Å². The van der Waals surface area contributed by atoms with E-state index >= 15 is 0 Å². The molecule has 2 rings (SSSR count). The third-order valence-corrected chi connectivity index (χ3v) is 4.95. The highest BCUT2D eigenvalue weighted by atomic mass is 16.5. The normalized spacial score (nSPS) is 33.4. The van der Waals surface area contributed by atoms with Crippen molar-refractivity contribution in [2.45, 2.75) is 64.0 Å². The van der Waals surface area contributed by atoms with Crippen molar-refractivity contribution in [3.63, 3.8) is 0 Å². The fourth-order valence-electron chi connectivity index (χ4n) is 3.75. The summed E-state index contributed by atoms with van der Waals surface area (Å²) in [7, 11) is 4.02. The Morgan fingerprint density at radius 1 is 1.18 bits per heavy atom. The second-order valence-electron chi connectivity index (χ2n) is 6.05. The van der Waals surface area contributed by atoms with Gasteiger partial charge in [0, 0.05) is 13.2 Å². The van der Waals surface area contributed by atoms with Gasteiger partial charge in [-0.2, -0.15) is 0 Å². The minimum atomic E-state index is 0.459. The van der Waals surface area contributed by atoms with Crippen LogP contribution in [0.2, 0.25) is 0 Å². The highest BCUT2D eigenvalue weighted by molar-refractivity contribution is 4.94. The number of methoxy groups -OCH3 is 1. The van der Waals surface area contributed by atoms with Gasteiger partial charge in [0.05, 0.1) is 6.10 Å². The van der Waals surface area contributed by atoms with Crippen LogP contribution in [0.4, 0.5) is 0 Å². The van der Waals surface area contributed by atoms with Gasteiger partial charge in [0.1, 0.15) is 0 Å². The molecule has 0 aromatic carbocycles. The molecule has 0 bridgehead atoms. The van der Waals surface area contributed by atoms with Gasteiger partial charge in [-0.15, -0.1) is 0 Å². The lowest BCUT2D eigenvalue weighted by atomic mass is 9.75. The molecule has 0 aliphatic heterocycles. The predicted molar refractivity (Wildman–Crippen MR) is 72.1 cm³/mol. The lowest BCUT2D eigenvalue weighted by Gasteiger charge is -2.38. The zero-order valence-corrected chi connectivity index (χ0v) is 11.7. The van der Waals surface area contributed by atoms with E-state index < -0.39 is 0 Å². The Kier molecular flexibility index (Phi) is 4.87. The van der Waals surface area contributed by atoms with Crippen LogP contribution in [0.15, 0.2) is 0 Å². The Morgan fingerprint density at radius 3 is 2.47 bits per heavy atom. The van der Waals surface area contributed by atoms with E-state index in [1.807, 2.05) is 7.11 Å². The molecule has 17 heavy (non-hydrogen) atoms. The van der Waals surface area contributed by atoms with Crippen LogP contribution in [0.5, 0.6) is 0 Å². The van der Waals surface area contributed by atoms with Crippen molar-refractivity contribution in [2.24, 2.45) is 17.8 Å². The van der Waals surface area contributed by atoms with Crippen molar-refractivity contribution in [1.82, 2.24) is 5.32 Å². The monoisotopic (exact) mass is 239 g/mol. The van der Waals surface area contributed by atoms with Crippen LogP contribution in [-0.4, -0.2) is 26.3 Å². The number of nitrogens with one attached hydrogen (secondary N) is 1. The second-order valence-corrected chi connectivity index (χ2v) is 6.05. The van der Waals surface area contributed by atoms with E-state index in [-0.39, 0.29) is 0 Å². The van der Waals surface area contributed by atoms with E-state index in [1.165, 1.54) is 44.9 Å². The topological polar surface area (TPSA) is 21.3 Å². The van der Waals surface area contributed by atoms with Crippen molar-refractivity contribution in [1.29, 1.82) is 0 Å². The highest BCUT2D eigenvalue weighted by Gasteiger charge is 2.40. The molecule has 2 fully saturated rings. The maximum Gasteiger partial charge on any atom is 0.0754 e. The summed E-state index contributed by atoms with van der Waals surface area (Å²) in [6.07, 6.45) is 10.2. The van der Waals surface area contributed by atoms with Gasteiger partial charge in [-0.25, -0.2) is 0 Å². The van der Waals surface area contributed by atoms with E-state index in [4.69, 9.17) is 4.74 Å². The molecule has 2 heteroatoms. The number of ether oxygens (including phenoxy) is 1. The molecule has 2 nitrogen and oxygen atoms in total. The van der Waals surface area contributed by atoms with Crippen molar-refractivity contribution < 1.29 is 4.74 Å². The van der Waals surface area contributed by atoms with Crippen molar-refractivity contribution >= 4 is 0 Å². The van der Waals surface area contributed by atoms with Crippen LogP contribution in [0.3, 0.4) is 0 Å². The zero-order chi connectivity index (χ0) is 12.3. The summed E-state index contributed by atoms with van der Waals surface area (Å²) < 4.78 is 5.79. The molecule has 0 aromatic rings. The van der Waals surface area contributed by atoms with E-state index in [0.717, 1.165) is 17.8 Å². The van der Waals surface area contributed by atoms with Gasteiger partial charge in [-0.1, -0.05) is 26.2 Å². The minimum absolute atomic E-state index is 0.459. The maximum atomic E-state index is 5.79. The molecule has 0 radical (unpaired) electrons. The van der Waals surface area contributed by atoms with Gasteiger partial charge in [0.2, 0.25) is 0 Å². The Balaban J connectivity index is 1.95. The molecule has 0 saturated heterocycles. The Labute approximate surface area is 107 Å². The molecular weight excluding hydrogens is 210 g/mol. The van der Waals surface area contributed by atoms with Crippen LogP contribution < -0.4 is 5.32 Å². The van der Waals surface area contributed by atoms with Gasteiger partial charge in [0.15, 0.2) is 0 Å². The number of hydrogen-bond donors (Lipinski definition) is 1. The van der Waals surface area contributed by atoms with E-state index in [2.05, 4.69) is 19.3 Å². The zero-order valence-electron chi connectivity index (χ0n) is 11.7. The SMILES string of the molecule is CCC1CCCC(C(NC)C(OC)C2CC2)C1. The smallest absolute Gasteiger partial charge is 0.0754 e. The molecule has 0 amide bonds. The van der Waals surface area contributed by atoms with Gasteiger partial charge >= 0.3 is 0 Å². The third kappa shape index (κ3) is 3.23. The van der Waals surface area contributed by atoms with Crippen LogP contribution in [0.1, 0.15) is 51.9 Å². The van der Waals surface area contributed by atoms with Crippen LogP contribution >= 0.6 is 0 Å². The molecule has 0 spiro atoms. The third-order valence-electron chi connectivity index (χ3n) is 4.95. The first kappa shape index (κ1) is 13.4. The quantitative estimate of drug-likeness (QED) is 0.768. The molecule has 4 atom stereocenters. The first-order valence-corrected chi connectivity index (χ1v) is 7.50. The molecular formula is C15H29NO. The van der Waals surface area contributed by atoms with Crippen molar-refractivity contribution in [3.8, 4) is 0 Å². The van der Waals surface area contributed by atoms with Crippen molar-refractivity contribution in [3.05, 3.63) is 0 Å². The molecule has 2 aliphatic rings. The standard InChI is InChI=1S/C15H29NO/c1-4-11-6-5-7-13(10-11)14(16-2)15(17-3)12-8-9-12/h11-16H,4-10H2,1-3H3. The highest BCUT2D eigenvalue weighted by Crippen LogP contribution is 2.41. The summed E-state index contributed by atoms with van der Waals surface area (Å²) in [6, 6.07) is 0.585. The fourth-order valence-corrected chi connectivity index (χ4v) is 3.75. The summed E-state index contributed by atoms with van der Waals surface area (Å²) >= 11 is 0. The average Bonchev–Trinajstić information content (AvgIpc) is 3.20. The Bertz CT molecular complexity index is 227. The van der Waals surface area contributed by atoms with Crippen LogP contribution in [0.25, 0.3) is 0 Å². The van der Waals surface area contributed by atoms with E-state index in [0.29, 0.717) is 12.1 Å². The predicted octanol–water partition coefficient (Wildman–Crippen LogP) is 3.22. The summed E-state index contributed by atoms with van der Waals surface area (Å²) in [5.74, 6) is 2.63. The van der Waals surface area contributed by atoms with Gasteiger partial charge < -0.3 is 10.1 Å². The summed E-state index contributed by atoms with van der Waals surface area (Å²) in [4.78, 5) is 0. The number of likely N-dealkylation sites (N-methyl/N-ethyl adjacent to an activating group) is 1. The Hall–Kier alpha value is -0.0800. The van der Waals surface area contributed by atoms with Crippen LogP contribution in [-0.2, 0) is 4.74 Å². The molecule has 4 unspecified atom stereocenters. The summed E-state index contributed by atoms with van der Waals surface area (Å²) in [6.45, 7) is 2.34. The van der Waals surface area contributed by atoms with Gasteiger partial charge in [0.25, 0.3) is 0 Å². The molecule has 100 valence electrons. The molecule has 1 N–H and O–H groups in total. The summed E-state index contributed by atoms with van der Waals surface area (Å²) in [5, 5.41) is 3.56. The van der Waals surface area contributed by atoms with E-state index in [9.17, 15) is 0 Å². The molecule has 0 aromatic heterocycles. The average molecular weight is 239 g/mol. The largest absolute Gasteiger partial charge is 0.380 e. The lowest BCUT2D eigenvalue weighted by molar-refractivity contribution is 0.0216. The molecule has 2 aliphatic carbocycles. The maximum absolute atomic E-state index is 5.79. The number of rotatable bonds is 6. The lowest BCUT2D eigenvalue weighted by Crippen LogP contribution is -2.47. The van der Waals surface area contributed by atoms with Gasteiger partial charge in [-0.05, 0) is 50.5 Å². The molecule has 2 saturated carbocycles. The van der Waals surface area contributed by atoms with Gasteiger partial charge in [-0.3, -0.25) is 0 Å². The first-order valence-electron chi connectivity index (χ1n) is 7.50.